The van der Waals surface area contributed by atoms with E-state index in [9.17, 15) is 14.7 Å². The van der Waals surface area contributed by atoms with Gasteiger partial charge in [-0.3, -0.25) is 4.79 Å². The lowest BCUT2D eigenvalue weighted by atomic mass is 9.95. The molecule has 1 amide bonds. The van der Waals surface area contributed by atoms with E-state index in [-0.39, 0.29) is 6.54 Å². The highest BCUT2D eigenvalue weighted by Crippen LogP contribution is 2.38. The Morgan fingerprint density at radius 3 is 2.96 bits per heavy atom. The maximum atomic E-state index is 12.1. The normalized spacial score (nSPS) is 13.4. The molecule has 3 rings (SSSR count). The van der Waals surface area contributed by atoms with Gasteiger partial charge in [0.25, 0.3) is 12.5 Å². The lowest BCUT2D eigenvalue weighted by Crippen LogP contribution is -2.41. The molecule has 2 aromatic rings. The molecule has 1 aliphatic carbocycles. The Kier molecular flexibility index (Phi) is 4.28. The minimum absolute atomic E-state index is 0.172. The smallest absolute Gasteiger partial charge is 0.341 e. The summed E-state index contributed by atoms with van der Waals surface area (Å²) >= 11 is 1.40. The molecular formula is C14H15N3O5S. The predicted octanol–water partition coefficient (Wildman–Crippen LogP) is 0.401. The van der Waals surface area contributed by atoms with Gasteiger partial charge in [-0.15, -0.1) is 11.3 Å². The number of amides is 1. The molecule has 8 nitrogen and oxygen atoms in total. The number of hydrogen-bond acceptors (Lipinski definition) is 7. The fourth-order valence-electron chi connectivity index (χ4n) is 2.62. The van der Waals surface area contributed by atoms with E-state index >= 15 is 0 Å². The van der Waals surface area contributed by atoms with Gasteiger partial charge in [0.1, 0.15) is 10.9 Å². The monoisotopic (exact) mass is 337 g/mol. The van der Waals surface area contributed by atoms with Crippen LogP contribution in [0.1, 0.15) is 33.6 Å². The Bertz CT molecular complexity index is 752. The Morgan fingerprint density at radius 1 is 1.48 bits per heavy atom. The maximum absolute atomic E-state index is 12.1. The van der Waals surface area contributed by atoms with Crippen LogP contribution in [0.4, 0.5) is 5.00 Å². The predicted molar refractivity (Wildman–Crippen MR) is 77.1 cm³/mol. The fraction of sp³-hybridized carbons (Fsp3) is 0.429. The summed E-state index contributed by atoms with van der Waals surface area (Å²) in [6.45, 7) is -0.172. The zero-order valence-electron chi connectivity index (χ0n) is 12.5. The summed E-state index contributed by atoms with van der Waals surface area (Å²) in [6.07, 6.45) is 4.88. The van der Waals surface area contributed by atoms with Gasteiger partial charge in [-0.2, -0.15) is 0 Å². The van der Waals surface area contributed by atoms with E-state index in [4.69, 9.17) is 4.74 Å². The topological polar surface area (TPSA) is 108 Å². The Balaban J connectivity index is 1.82. The molecule has 0 aromatic carbocycles. The van der Waals surface area contributed by atoms with Crippen LogP contribution >= 0.6 is 11.3 Å². The molecule has 0 radical (unpaired) electrons. The van der Waals surface area contributed by atoms with Gasteiger partial charge in [-0.1, -0.05) is 4.68 Å². The lowest BCUT2D eigenvalue weighted by molar-refractivity contribution is -0.750. The number of rotatable bonds is 4. The van der Waals surface area contributed by atoms with E-state index in [1.165, 1.54) is 18.4 Å². The molecule has 0 atom stereocenters. The molecule has 9 heteroatoms. The molecule has 2 aromatic heterocycles. The number of esters is 1. The van der Waals surface area contributed by atoms with Crippen molar-refractivity contribution < 1.29 is 28.6 Å². The largest absolute Gasteiger partial charge is 0.539 e. The number of methoxy groups -OCH3 is 1. The van der Waals surface area contributed by atoms with E-state index in [2.05, 4.69) is 15.1 Å². The van der Waals surface area contributed by atoms with Crippen molar-refractivity contribution in [3.63, 3.8) is 0 Å². The van der Waals surface area contributed by atoms with Crippen molar-refractivity contribution in [2.45, 2.75) is 32.2 Å². The van der Waals surface area contributed by atoms with Gasteiger partial charge < -0.3 is 19.7 Å². The Morgan fingerprint density at radius 2 is 2.26 bits per heavy atom. The molecule has 1 N–H and O–H groups in total. The van der Waals surface area contributed by atoms with Crippen LogP contribution < -0.4 is 15.1 Å². The number of nitrogens with zero attached hydrogens (tertiary/aromatic N) is 2. The van der Waals surface area contributed by atoms with Gasteiger partial charge in [0.05, 0.1) is 17.9 Å². The summed E-state index contributed by atoms with van der Waals surface area (Å²) in [6, 6.07) is 0. The number of nitrogens with one attached hydrogen (secondary N) is 1. The van der Waals surface area contributed by atoms with E-state index < -0.39 is 17.8 Å². The third-order valence-electron chi connectivity index (χ3n) is 3.61. The minimum atomic E-state index is -0.625. The second-order valence-electron chi connectivity index (χ2n) is 5.17. The van der Waals surface area contributed by atoms with E-state index in [1.807, 2.05) is 0 Å². The van der Waals surface area contributed by atoms with Gasteiger partial charge >= 0.3 is 5.97 Å². The number of fused-ring (bicyclic) bond motifs is 1. The van der Waals surface area contributed by atoms with Gasteiger partial charge in [0.15, 0.2) is 0 Å². The third-order valence-corrected chi connectivity index (χ3v) is 4.82. The van der Waals surface area contributed by atoms with Crippen LogP contribution in [-0.2, 0) is 28.9 Å². The first kappa shape index (κ1) is 15.5. The zero-order chi connectivity index (χ0) is 16.4. The van der Waals surface area contributed by atoms with Crippen molar-refractivity contribution in [2.75, 3.05) is 12.4 Å². The van der Waals surface area contributed by atoms with E-state index in [0.717, 1.165) is 47.0 Å². The highest BCUT2D eigenvalue weighted by molar-refractivity contribution is 7.17. The van der Waals surface area contributed by atoms with Crippen molar-refractivity contribution >= 4 is 28.2 Å². The third kappa shape index (κ3) is 3.19. The van der Waals surface area contributed by atoms with Crippen molar-refractivity contribution in [3.05, 3.63) is 22.2 Å². The number of carbonyl (C=O) groups is 2. The van der Waals surface area contributed by atoms with Gasteiger partial charge in [-0.05, 0) is 31.2 Å². The highest BCUT2D eigenvalue weighted by atomic mass is 32.1. The molecule has 0 bridgehead atoms. The summed E-state index contributed by atoms with van der Waals surface area (Å²) in [5.41, 5.74) is 1.41. The molecule has 0 saturated heterocycles. The van der Waals surface area contributed by atoms with Crippen LogP contribution in [0.5, 0.6) is 5.95 Å². The number of aromatic nitrogens is 2. The quantitative estimate of drug-likeness (QED) is 0.639. The number of hydrogen-bond donors (Lipinski definition) is 1. The molecule has 0 aliphatic heterocycles. The van der Waals surface area contributed by atoms with Crippen molar-refractivity contribution in [1.82, 2.24) is 5.27 Å². The van der Waals surface area contributed by atoms with Crippen LogP contribution in [0.2, 0.25) is 0 Å². The van der Waals surface area contributed by atoms with Gasteiger partial charge in [0, 0.05) is 4.88 Å². The Hall–Kier alpha value is -2.42. The second kappa shape index (κ2) is 6.37. The number of anilines is 1. The molecule has 1 aliphatic rings. The number of thiophene rings is 1. The van der Waals surface area contributed by atoms with Crippen LogP contribution in [0.15, 0.2) is 10.7 Å². The van der Waals surface area contributed by atoms with Crippen LogP contribution in [0.25, 0.3) is 0 Å². The molecule has 0 saturated carbocycles. The molecule has 0 unspecified atom stereocenters. The highest BCUT2D eigenvalue weighted by Gasteiger charge is 2.27. The molecule has 0 fully saturated rings. The van der Waals surface area contributed by atoms with E-state index in [0.29, 0.717) is 10.6 Å². The number of carbonyl (C=O) groups excluding carboxylic acids is 2. The summed E-state index contributed by atoms with van der Waals surface area (Å²) in [5, 5.41) is 17.5. The molecule has 122 valence electrons. The first-order valence-electron chi connectivity index (χ1n) is 7.14. The Labute approximate surface area is 135 Å². The van der Waals surface area contributed by atoms with Gasteiger partial charge in [-0.25, -0.2) is 4.79 Å². The average Bonchev–Trinajstić information content (AvgIpc) is 3.09. The van der Waals surface area contributed by atoms with Crippen molar-refractivity contribution in [2.24, 2.45) is 0 Å². The molecule has 2 heterocycles. The van der Waals surface area contributed by atoms with Crippen LogP contribution in [-0.4, -0.2) is 24.3 Å². The molecule has 0 spiro atoms. The molecule has 23 heavy (non-hydrogen) atoms. The first-order chi connectivity index (χ1) is 11.1. The lowest BCUT2D eigenvalue weighted by Gasteiger charge is -2.11. The summed E-state index contributed by atoms with van der Waals surface area (Å²) in [5.74, 6) is -1.47. The summed E-state index contributed by atoms with van der Waals surface area (Å²) in [4.78, 5) is 25.3. The number of ether oxygens (including phenoxy) is 1. The van der Waals surface area contributed by atoms with Crippen LogP contribution in [0, 0.1) is 0 Å². The molecular weight excluding hydrogens is 322 g/mol. The second-order valence-corrected chi connectivity index (χ2v) is 6.28. The van der Waals surface area contributed by atoms with Gasteiger partial charge in [0.2, 0.25) is 6.20 Å². The summed E-state index contributed by atoms with van der Waals surface area (Å²) in [7, 11) is 1.32. The zero-order valence-corrected chi connectivity index (χ0v) is 13.3. The SMILES string of the molecule is COC(=O)c1c(NC(=O)C[n+]2cc([O-])on2)sc2c1CCCC2. The first-order valence-corrected chi connectivity index (χ1v) is 7.96. The maximum Gasteiger partial charge on any atom is 0.341 e. The van der Waals surface area contributed by atoms with Crippen molar-refractivity contribution in [1.29, 1.82) is 0 Å². The van der Waals surface area contributed by atoms with E-state index in [1.54, 1.807) is 0 Å². The number of aryl methyl sites for hydroxylation is 1. The minimum Gasteiger partial charge on any atom is -0.539 e. The standard InChI is InChI=1S/C14H15N3O5S/c1-21-14(20)12-8-4-2-3-5-9(8)23-13(12)15-10(18)6-17-7-11(19)22-16-17/h7H,2-6H2,1H3,(H-,15,16,18,19,20). The summed E-state index contributed by atoms with van der Waals surface area (Å²) < 4.78 is 10.3. The average molecular weight is 337 g/mol. The van der Waals surface area contributed by atoms with Crippen molar-refractivity contribution in [3.8, 4) is 5.95 Å². The van der Waals surface area contributed by atoms with Crippen LogP contribution in [0.3, 0.4) is 0 Å². The fourth-order valence-corrected chi connectivity index (χ4v) is 3.91.